The van der Waals surface area contributed by atoms with E-state index in [1.165, 1.54) is 0 Å². The molecule has 3 aromatic carbocycles. The molecule has 3 nitrogen and oxygen atoms in total. The fraction of sp³-hybridized carbons (Fsp3) is 0.227. The summed E-state index contributed by atoms with van der Waals surface area (Å²) in [6, 6.07) is 21.8. The Balaban J connectivity index is 1.53. The summed E-state index contributed by atoms with van der Waals surface area (Å²) in [6.45, 7) is 3.43. The Morgan fingerprint density at radius 1 is 0.960 bits per heavy atom. The topological polar surface area (TPSA) is 38.3 Å². The van der Waals surface area contributed by atoms with E-state index in [-0.39, 0.29) is 5.78 Å². The molecular formula is C22H23NO2. The first-order chi connectivity index (χ1) is 12.3. The van der Waals surface area contributed by atoms with Gasteiger partial charge < -0.3 is 10.1 Å². The predicted octanol–water partition coefficient (Wildman–Crippen LogP) is 5.31. The summed E-state index contributed by atoms with van der Waals surface area (Å²) >= 11 is 0. The number of fused-ring (bicyclic) bond motifs is 1. The van der Waals surface area contributed by atoms with E-state index in [9.17, 15) is 4.79 Å². The van der Waals surface area contributed by atoms with Crippen LogP contribution in [0.25, 0.3) is 10.8 Å². The standard InChI is InChI=1S/C22H23NO2/c1-2-15-25-21-11-9-20(10-12-21)23-14-13-22(24)19-8-7-17-5-3-4-6-18(17)16-19/h3-12,16,23H,2,13-15H2,1H3. The Morgan fingerprint density at radius 3 is 2.48 bits per heavy atom. The summed E-state index contributed by atoms with van der Waals surface area (Å²) in [5.74, 6) is 1.03. The average molecular weight is 333 g/mol. The minimum Gasteiger partial charge on any atom is -0.494 e. The van der Waals surface area contributed by atoms with Crippen LogP contribution in [0.4, 0.5) is 5.69 Å². The van der Waals surface area contributed by atoms with Gasteiger partial charge in [0.25, 0.3) is 0 Å². The number of ketones is 1. The molecule has 1 N–H and O–H groups in total. The third-order valence-electron chi connectivity index (χ3n) is 4.08. The van der Waals surface area contributed by atoms with Gasteiger partial charge in [0.1, 0.15) is 5.75 Å². The number of rotatable bonds is 8. The Bertz CT molecular complexity index is 840. The largest absolute Gasteiger partial charge is 0.494 e. The molecule has 25 heavy (non-hydrogen) atoms. The molecule has 0 aromatic heterocycles. The van der Waals surface area contributed by atoms with Crippen molar-refractivity contribution in [2.24, 2.45) is 0 Å². The first-order valence-corrected chi connectivity index (χ1v) is 8.75. The van der Waals surface area contributed by atoms with Crippen LogP contribution >= 0.6 is 0 Å². The van der Waals surface area contributed by atoms with Crippen molar-refractivity contribution in [2.45, 2.75) is 19.8 Å². The summed E-state index contributed by atoms with van der Waals surface area (Å²) in [6.07, 6.45) is 1.46. The van der Waals surface area contributed by atoms with Crippen LogP contribution in [0.15, 0.2) is 66.7 Å². The Hall–Kier alpha value is -2.81. The molecule has 0 amide bonds. The third-order valence-corrected chi connectivity index (χ3v) is 4.08. The van der Waals surface area contributed by atoms with E-state index in [2.05, 4.69) is 18.3 Å². The van der Waals surface area contributed by atoms with Crippen molar-refractivity contribution in [1.82, 2.24) is 0 Å². The molecule has 0 saturated carbocycles. The van der Waals surface area contributed by atoms with Crippen LogP contribution in [-0.2, 0) is 0 Å². The molecule has 3 heteroatoms. The highest BCUT2D eigenvalue weighted by Gasteiger charge is 2.06. The number of anilines is 1. The van der Waals surface area contributed by atoms with Gasteiger partial charge >= 0.3 is 0 Å². The Kier molecular flexibility index (Phi) is 5.68. The van der Waals surface area contributed by atoms with Crippen LogP contribution in [0, 0.1) is 0 Å². The second-order valence-corrected chi connectivity index (χ2v) is 6.03. The van der Waals surface area contributed by atoms with E-state index in [0.717, 1.165) is 40.8 Å². The fourth-order valence-corrected chi connectivity index (χ4v) is 2.72. The van der Waals surface area contributed by atoms with Crippen molar-refractivity contribution in [3.8, 4) is 5.75 Å². The monoisotopic (exact) mass is 333 g/mol. The van der Waals surface area contributed by atoms with Crippen molar-refractivity contribution < 1.29 is 9.53 Å². The Morgan fingerprint density at radius 2 is 1.72 bits per heavy atom. The number of carbonyl (C=O) groups is 1. The molecule has 0 saturated heterocycles. The molecule has 3 rings (SSSR count). The lowest BCUT2D eigenvalue weighted by atomic mass is 10.0. The summed E-state index contributed by atoms with van der Waals surface area (Å²) in [5.41, 5.74) is 1.76. The molecule has 0 aliphatic heterocycles. The van der Waals surface area contributed by atoms with E-state index in [1.54, 1.807) is 0 Å². The third kappa shape index (κ3) is 4.60. The van der Waals surface area contributed by atoms with Crippen molar-refractivity contribution in [1.29, 1.82) is 0 Å². The van der Waals surface area contributed by atoms with Crippen molar-refractivity contribution in [2.75, 3.05) is 18.5 Å². The van der Waals surface area contributed by atoms with Gasteiger partial charge in [-0.3, -0.25) is 4.79 Å². The van der Waals surface area contributed by atoms with Gasteiger partial charge in [-0.1, -0.05) is 43.3 Å². The fourth-order valence-electron chi connectivity index (χ4n) is 2.72. The minimum absolute atomic E-state index is 0.154. The van der Waals surface area contributed by atoms with Gasteiger partial charge in [0.2, 0.25) is 0 Å². The lowest BCUT2D eigenvalue weighted by Crippen LogP contribution is -2.08. The number of benzene rings is 3. The molecule has 0 bridgehead atoms. The van der Waals surface area contributed by atoms with Crippen LogP contribution in [0.3, 0.4) is 0 Å². The van der Waals surface area contributed by atoms with Gasteiger partial charge in [-0.05, 0) is 47.5 Å². The second-order valence-electron chi connectivity index (χ2n) is 6.03. The van der Waals surface area contributed by atoms with Gasteiger partial charge in [-0.2, -0.15) is 0 Å². The maximum absolute atomic E-state index is 12.4. The van der Waals surface area contributed by atoms with Crippen molar-refractivity contribution >= 4 is 22.2 Å². The SMILES string of the molecule is CCCOc1ccc(NCCC(=O)c2ccc3ccccc3c2)cc1. The summed E-state index contributed by atoms with van der Waals surface area (Å²) < 4.78 is 5.56. The number of ether oxygens (including phenoxy) is 1. The van der Waals surface area contributed by atoms with Gasteiger partial charge in [0.15, 0.2) is 5.78 Å². The van der Waals surface area contributed by atoms with E-state index in [0.29, 0.717) is 13.0 Å². The van der Waals surface area contributed by atoms with Gasteiger partial charge in [0, 0.05) is 24.2 Å². The molecule has 3 aromatic rings. The smallest absolute Gasteiger partial charge is 0.164 e. The summed E-state index contributed by atoms with van der Waals surface area (Å²) in [4.78, 5) is 12.4. The van der Waals surface area contributed by atoms with E-state index in [4.69, 9.17) is 4.74 Å². The molecule has 128 valence electrons. The minimum atomic E-state index is 0.154. The van der Waals surface area contributed by atoms with Crippen molar-refractivity contribution in [3.05, 3.63) is 72.3 Å². The molecule has 0 atom stereocenters. The molecule has 0 aliphatic rings. The summed E-state index contributed by atoms with van der Waals surface area (Å²) in [5, 5.41) is 5.55. The van der Waals surface area contributed by atoms with Crippen LogP contribution in [0.1, 0.15) is 30.1 Å². The molecule has 0 aliphatic carbocycles. The highest BCUT2D eigenvalue weighted by Crippen LogP contribution is 2.18. The zero-order chi connectivity index (χ0) is 17.5. The van der Waals surface area contributed by atoms with Crippen LogP contribution < -0.4 is 10.1 Å². The molecule has 0 fully saturated rings. The number of hydrogen-bond donors (Lipinski definition) is 1. The molecule has 0 spiro atoms. The average Bonchev–Trinajstić information content (AvgIpc) is 2.67. The van der Waals surface area contributed by atoms with E-state index >= 15 is 0 Å². The lowest BCUT2D eigenvalue weighted by molar-refractivity contribution is 0.0986. The quantitative estimate of drug-likeness (QED) is 0.567. The highest BCUT2D eigenvalue weighted by atomic mass is 16.5. The molecule has 0 heterocycles. The molecular weight excluding hydrogens is 310 g/mol. The predicted molar refractivity (Wildman–Crippen MR) is 104 cm³/mol. The maximum Gasteiger partial charge on any atom is 0.164 e. The number of nitrogens with one attached hydrogen (secondary N) is 1. The number of Topliss-reactive ketones (excluding diaryl/α,β-unsaturated/α-hetero) is 1. The zero-order valence-corrected chi connectivity index (χ0v) is 14.5. The highest BCUT2D eigenvalue weighted by molar-refractivity contribution is 6.00. The number of carbonyl (C=O) groups excluding carboxylic acids is 1. The summed E-state index contributed by atoms with van der Waals surface area (Å²) in [7, 11) is 0. The van der Waals surface area contributed by atoms with Crippen LogP contribution in [-0.4, -0.2) is 18.9 Å². The first kappa shape index (κ1) is 17.0. The van der Waals surface area contributed by atoms with Gasteiger partial charge in [0.05, 0.1) is 6.61 Å². The second kappa shape index (κ2) is 8.34. The van der Waals surface area contributed by atoms with E-state index in [1.807, 2.05) is 60.7 Å². The van der Waals surface area contributed by atoms with E-state index < -0.39 is 0 Å². The molecule has 0 radical (unpaired) electrons. The van der Waals surface area contributed by atoms with Gasteiger partial charge in [-0.25, -0.2) is 0 Å². The normalized spacial score (nSPS) is 10.6. The number of hydrogen-bond acceptors (Lipinski definition) is 3. The molecule has 0 unspecified atom stereocenters. The Labute approximate surface area is 148 Å². The first-order valence-electron chi connectivity index (χ1n) is 8.75. The lowest BCUT2D eigenvalue weighted by Gasteiger charge is -2.08. The van der Waals surface area contributed by atoms with Crippen LogP contribution in [0.2, 0.25) is 0 Å². The van der Waals surface area contributed by atoms with Gasteiger partial charge in [-0.15, -0.1) is 0 Å². The van der Waals surface area contributed by atoms with Crippen molar-refractivity contribution in [3.63, 3.8) is 0 Å². The van der Waals surface area contributed by atoms with Crippen LogP contribution in [0.5, 0.6) is 5.75 Å². The maximum atomic E-state index is 12.4. The zero-order valence-electron chi connectivity index (χ0n) is 14.5.